The first-order valence-corrected chi connectivity index (χ1v) is 6.87. The van der Waals surface area contributed by atoms with Gasteiger partial charge in [-0.1, -0.05) is 18.9 Å². The molecule has 0 bridgehead atoms. The van der Waals surface area contributed by atoms with E-state index in [1.54, 1.807) is 31.3 Å². The highest BCUT2D eigenvalue weighted by molar-refractivity contribution is 5.99. The van der Waals surface area contributed by atoms with E-state index in [-0.39, 0.29) is 18.4 Å². The van der Waals surface area contributed by atoms with Gasteiger partial charge < -0.3 is 15.7 Å². The van der Waals surface area contributed by atoms with E-state index in [1.165, 1.54) is 0 Å². The Morgan fingerprint density at radius 2 is 1.80 bits per heavy atom. The van der Waals surface area contributed by atoms with E-state index in [2.05, 4.69) is 10.6 Å². The average molecular weight is 276 g/mol. The minimum Gasteiger partial charge on any atom is -0.388 e. The van der Waals surface area contributed by atoms with Crippen LogP contribution in [0.5, 0.6) is 0 Å². The van der Waals surface area contributed by atoms with Gasteiger partial charge in [0.1, 0.15) is 0 Å². The van der Waals surface area contributed by atoms with Crippen LogP contribution in [0.25, 0.3) is 0 Å². The molecule has 1 aliphatic rings. The Bertz CT molecular complexity index is 508. The second kappa shape index (κ2) is 6.05. The molecule has 2 amide bonds. The van der Waals surface area contributed by atoms with Gasteiger partial charge in [-0.15, -0.1) is 0 Å². The SMILES string of the molecule is CNC(=O)c1cccc(C(=O)NCC2(O)CCCC2)c1. The first-order chi connectivity index (χ1) is 9.54. The minimum absolute atomic E-state index is 0.228. The zero-order valence-corrected chi connectivity index (χ0v) is 11.6. The van der Waals surface area contributed by atoms with E-state index < -0.39 is 5.60 Å². The fourth-order valence-corrected chi connectivity index (χ4v) is 2.50. The zero-order chi connectivity index (χ0) is 14.6. The molecule has 5 nitrogen and oxygen atoms in total. The van der Waals surface area contributed by atoms with Crippen molar-refractivity contribution in [3.63, 3.8) is 0 Å². The molecule has 1 fully saturated rings. The molecule has 0 aromatic heterocycles. The molecular formula is C15H20N2O3. The summed E-state index contributed by atoms with van der Waals surface area (Å²) in [4.78, 5) is 23.6. The highest BCUT2D eigenvalue weighted by atomic mass is 16.3. The van der Waals surface area contributed by atoms with Crippen LogP contribution in [-0.2, 0) is 0 Å². The highest BCUT2D eigenvalue weighted by Gasteiger charge is 2.31. The molecule has 108 valence electrons. The van der Waals surface area contributed by atoms with Crippen molar-refractivity contribution in [1.29, 1.82) is 0 Å². The summed E-state index contributed by atoms with van der Waals surface area (Å²) in [6, 6.07) is 6.53. The third kappa shape index (κ3) is 3.36. The lowest BCUT2D eigenvalue weighted by Crippen LogP contribution is -2.40. The Kier molecular flexibility index (Phi) is 4.39. The predicted molar refractivity (Wildman–Crippen MR) is 75.6 cm³/mol. The van der Waals surface area contributed by atoms with Crippen molar-refractivity contribution >= 4 is 11.8 Å². The lowest BCUT2D eigenvalue weighted by atomic mass is 10.0. The summed E-state index contributed by atoms with van der Waals surface area (Å²) >= 11 is 0. The number of carbonyl (C=O) groups is 2. The van der Waals surface area contributed by atoms with E-state index >= 15 is 0 Å². The maximum Gasteiger partial charge on any atom is 0.251 e. The number of amides is 2. The summed E-state index contributed by atoms with van der Waals surface area (Å²) < 4.78 is 0. The number of aliphatic hydroxyl groups is 1. The van der Waals surface area contributed by atoms with Crippen LogP contribution in [0, 0.1) is 0 Å². The van der Waals surface area contributed by atoms with Crippen molar-refractivity contribution in [2.75, 3.05) is 13.6 Å². The van der Waals surface area contributed by atoms with Crippen LogP contribution >= 0.6 is 0 Å². The van der Waals surface area contributed by atoms with Gasteiger partial charge in [0.15, 0.2) is 0 Å². The summed E-state index contributed by atoms with van der Waals surface area (Å²) in [7, 11) is 1.55. The lowest BCUT2D eigenvalue weighted by molar-refractivity contribution is 0.0449. The summed E-state index contributed by atoms with van der Waals surface area (Å²) in [5.41, 5.74) is 0.0982. The molecule has 1 aromatic carbocycles. The third-order valence-electron chi connectivity index (χ3n) is 3.73. The van der Waals surface area contributed by atoms with Crippen LogP contribution in [-0.4, -0.2) is 36.1 Å². The number of rotatable bonds is 4. The van der Waals surface area contributed by atoms with Crippen LogP contribution in [0.4, 0.5) is 0 Å². The van der Waals surface area contributed by atoms with Gasteiger partial charge in [-0.2, -0.15) is 0 Å². The molecule has 1 aromatic rings. The summed E-state index contributed by atoms with van der Waals surface area (Å²) in [5, 5.41) is 15.5. The maximum absolute atomic E-state index is 12.1. The lowest BCUT2D eigenvalue weighted by Gasteiger charge is -2.22. The number of hydrogen-bond donors (Lipinski definition) is 3. The number of hydrogen-bond acceptors (Lipinski definition) is 3. The van der Waals surface area contributed by atoms with Gasteiger partial charge in [-0.25, -0.2) is 0 Å². The largest absolute Gasteiger partial charge is 0.388 e. The molecule has 0 unspecified atom stereocenters. The molecule has 2 rings (SSSR count). The second-order valence-corrected chi connectivity index (χ2v) is 5.27. The van der Waals surface area contributed by atoms with Crippen LogP contribution < -0.4 is 10.6 Å². The predicted octanol–water partition coefficient (Wildman–Crippen LogP) is 1.08. The fourth-order valence-electron chi connectivity index (χ4n) is 2.50. The van der Waals surface area contributed by atoms with Gasteiger partial charge >= 0.3 is 0 Å². The van der Waals surface area contributed by atoms with Gasteiger partial charge in [0.25, 0.3) is 11.8 Å². The Hall–Kier alpha value is -1.88. The second-order valence-electron chi connectivity index (χ2n) is 5.27. The van der Waals surface area contributed by atoms with Crippen molar-refractivity contribution < 1.29 is 14.7 Å². The molecule has 0 spiro atoms. The van der Waals surface area contributed by atoms with Crippen molar-refractivity contribution in [2.45, 2.75) is 31.3 Å². The number of nitrogens with one attached hydrogen (secondary N) is 2. The Morgan fingerprint density at radius 3 is 2.40 bits per heavy atom. The van der Waals surface area contributed by atoms with Crippen molar-refractivity contribution in [2.24, 2.45) is 0 Å². The molecule has 20 heavy (non-hydrogen) atoms. The molecule has 0 aliphatic heterocycles. The molecule has 5 heteroatoms. The van der Waals surface area contributed by atoms with Crippen LogP contribution in [0.1, 0.15) is 46.4 Å². The molecular weight excluding hydrogens is 256 g/mol. The van der Waals surface area contributed by atoms with Crippen LogP contribution in [0.15, 0.2) is 24.3 Å². The molecule has 0 radical (unpaired) electrons. The van der Waals surface area contributed by atoms with Crippen molar-refractivity contribution in [3.05, 3.63) is 35.4 Å². The van der Waals surface area contributed by atoms with E-state index in [4.69, 9.17) is 0 Å². The Morgan fingerprint density at radius 1 is 1.20 bits per heavy atom. The maximum atomic E-state index is 12.1. The van der Waals surface area contributed by atoms with Gasteiger partial charge in [-0.05, 0) is 31.0 Å². The summed E-state index contributed by atoms with van der Waals surface area (Å²) in [5.74, 6) is -0.495. The normalized spacial score (nSPS) is 16.7. The van der Waals surface area contributed by atoms with E-state index in [1.807, 2.05) is 0 Å². The number of carbonyl (C=O) groups excluding carboxylic acids is 2. The van der Waals surface area contributed by atoms with Gasteiger partial charge in [0.05, 0.1) is 5.60 Å². The van der Waals surface area contributed by atoms with Gasteiger partial charge in [0.2, 0.25) is 0 Å². The van der Waals surface area contributed by atoms with E-state index in [9.17, 15) is 14.7 Å². The quantitative estimate of drug-likeness (QED) is 0.770. The molecule has 0 heterocycles. The standard InChI is InChI=1S/C15H20N2O3/c1-16-13(18)11-5-4-6-12(9-11)14(19)17-10-15(20)7-2-3-8-15/h4-6,9,20H,2-3,7-8,10H2,1H3,(H,16,18)(H,17,19). The van der Waals surface area contributed by atoms with Crippen molar-refractivity contribution in [1.82, 2.24) is 10.6 Å². The molecule has 1 saturated carbocycles. The van der Waals surface area contributed by atoms with E-state index in [0.29, 0.717) is 11.1 Å². The molecule has 1 aliphatic carbocycles. The summed E-state index contributed by atoms with van der Waals surface area (Å²) in [6.45, 7) is 0.260. The smallest absolute Gasteiger partial charge is 0.251 e. The zero-order valence-electron chi connectivity index (χ0n) is 11.6. The molecule has 0 atom stereocenters. The minimum atomic E-state index is -0.770. The van der Waals surface area contributed by atoms with Crippen molar-refractivity contribution in [3.8, 4) is 0 Å². The Balaban J connectivity index is 2.00. The van der Waals surface area contributed by atoms with Crippen LogP contribution in [0.2, 0.25) is 0 Å². The monoisotopic (exact) mass is 276 g/mol. The van der Waals surface area contributed by atoms with E-state index in [0.717, 1.165) is 25.7 Å². The first kappa shape index (κ1) is 14.5. The molecule has 0 saturated heterocycles. The highest BCUT2D eigenvalue weighted by Crippen LogP contribution is 2.28. The summed E-state index contributed by atoms with van der Waals surface area (Å²) in [6.07, 6.45) is 3.45. The van der Waals surface area contributed by atoms with Gasteiger partial charge in [0, 0.05) is 24.7 Å². The fraction of sp³-hybridized carbons (Fsp3) is 0.467. The number of benzene rings is 1. The topological polar surface area (TPSA) is 78.4 Å². The third-order valence-corrected chi connectivity index (χ3v) is 3.73. The van der Waals surface area contributed by atoms with Crippen LogP contribution in [0.3, 0.4) is 0 Å². The Labute approximate surface area is 118 Å². The first-order valence-electron chi connectivity index (χ1n) is 6.87. The molecule has 3 N–H and O–H groups in total. The van der Waals surface area contributed by atoms with Gasteiger partial charge in [-0.3, -0.25) is 9.59 Å². The average Bonchev–Trinajstić information content (AvgIpc) is 2.91.